The predicted octanol–water partition coefficient (Wildman–Crippen LogP) is 2.03. The zero-order chi connectivity index (χ0) is 15.4. The van der Waals surface area contributed by atoms with Gasteiger partial charge in [0.15, 0.2) is 0 Å². The third-order valence-electron chi connectivity index (χ3n) is 2.86. The van der Waals surface area contributed by atoms with Crippen LogP contribution in [-0.2, 0) is 6.54 Å². The monoisotopic (exact) mass is 289 g/mol. The molecule has 0 aliphatic rings. The third kappa shape index (κ3) is 3.38. The van der Waals surface area contributed by atoms with Crippen molar-refractivity contribution < 1.29 is 19.1 Å². The standard InChI is InChI=1S/C14H15N3O4/c1-9-7-15-12(21-9)8-16-14(20)17(2)11-6-4-3-5-10(11)13(18)19/h3-7H,8H2,1-2H3,(H,16,20)(H,18,19). The lowest BCUT2D eigenvalue weighted by molar-refractivity contribution is 0.0697. The number of hydrogen-bond acceptors (Lipinski definition) is 4. The molecule has 2 amide bonds. The summed E-state index contributed by atoms with van der Waals surface area (Å²) in [5, 5.41) is 11.7. The molecule has 0 aliphatic carbocycles. The van der Waals surface area contributed by atoms with Gasteiger partial charge in [0, 0.05) is 7.05 Å². The van der Waals surface area contributed by atoms with E-state index in [4.69, 9.17) is 9.52 Å². The Bertz CT molecular complexity index is 666. The molecule has 0 atom stereocenters. The van der Waals surface area contributed by atoms with E-state index in [1.807, 2.05) is 0 Å². The number of anilines is 1. The maximum Gasteiger partial charge on any atom is 0.337 e. The van der Waals surface area contributed by atoms with Gasteiger partial charge in [0.05, 0.1) is 24.0 Å². The van der Waals surface area contributed by atoms with E-state index in [0.717, 1.165) is 0 Å². The minimum Gasteiger partial charge on any atom is -0.478 e. The Balaban J connectivity index is 2.07. The number of carboxylic acid groups (broad SMARTS) is 1. The van der Waals surface area contributed by atoms with Crippen LogP contribution in [0.25, 0.3) is 0 Å². The number of para-hydroxylation sites is 1. The highest BCUT2D eigenvalue weighted by atomic mass is 16.4. The van der Waals surface area contributed by atoms with Gasteiger partial charge in [0.1, 0.15) is 5.76 Å². The lowest BCUT2D eigenvalue weighted by atomic mass is 10.1. The molecular formula is C14H15N3O4. The summed E-state index contributed by atoms with van der Waals surface area (Å²) in [7, 11) is 1.50. The van der Waals surface area contributed by atoms with Crippen molar-refractivity contribution in [2.75, 3.05) is 11.9 Å². The number of carbonyl (C=O) groups is 2. The number of nitrogens with zero attached hydrogens (tertiary/aromatic N) is 2. The fourth-order valence-electron chi connectivity index (χ4n) is 1.81. The lowest BCUT2D eigenvalue weighted by Gasteiger charge is -2.19. The van der Waals surface area contributed by atoms with Crippen LogP contribution < -0.4 is 10.2 Å². The number of hydrogen-bond donors (Lipinski definition) is 2. The summed E-state index contributed by atoms with van der Waals surface area (Å²) in [5.41, 5.74) is 0.369. The molecule has 0 fully saturated rings. The van der Waals surface area contributed by atoms with E-state index >= 15 is 0 Å². The fourth-order valence-corrected chi connectivity index (χ4v) is 1.81. The molecule has 0 radical (unpaired) electrons. The normalized spacial score (nSPS) is 10.2. The summed E-state index contributed by atoms with van der Waals surface area (Å²) in [6.45, 7) is 1.89. The van der Waals surface area contributed by atoms with Crippen LogP contribution in [0, 0.1) is 6.92 Å². The van der Waals surface area contributed by atoms with Crippen LogP contribution in [0.3, 0.4) is 0 Å². The highest BCUT2D eigenvalue weighted by molar-refractivity contribution is 6.01. The van der Waals surface area contributed by atoms with Crippen molar-refractivity contribution in [3.8, 4) is 0 Å². The zero-order valence-electron chi connectivity index (χ0n) is 11.7. The minimum absolute atomic E-state index is 0.0575. The minimum atomic E-state index is -1.09. The lowest BCUT2D eigenvalue weighted by Crippen LogP contribution is -2.37. The Morgan fingerprint density at radius 2 is 2.10 bits per heavy atom. The van der Waals surface area contributed by atoms with Crippen molar-refractivity contribution >= 4 is 17.7 Å². The summed E-state index contributed by atoms with van der Waals surface area (Å²) in [5.74, 6) is -0.0434. The molecule has 1 aromatic heterocycles. The highest BCUT2D eigenvalue weighted by Crippen LogP contribution is 2.19. The average Bonchev–Trinajstić information content (AvgIpc) is 2.89. The van der Waals surface area contributed by atoms with Crippen molar-refractivity contribution in [3.63, 3.8) is 0 Å². The second-order valence-electron chi connectivity index (χ2n) is 4.40. The van der Waals surface area contributed by atoms with Gasteiger partial charge in [-0.3, -0.25) is 4.90 Å². The first-order chi connectivity index (χ1) is 9.99. The maximum atomic E-state index is 12.1. The van der Waals surface area contributed by atoms with Crippen LogP contribution in [0.2, 0.25) is 0 Å². The topological polar surface area (TPSA) is 95.7 Å². The molecule has 1 aromatic carbocycles. The van der Waals surface area contributed by atoms with E-state index in [1.165, 1.54) is 18.0 Å². The molecule has 2 rings (SSSR count). The summed E-state index contributed by atoms with van der Waals surface area (Å²) < 4.78 is 5.24. The maximum absolute atomic E-state index is 12.1. The van der Waals surface area contributed by atoms with Crippen molar-refractivity contribution in [2.45, 2.75) is 13.5 Å². The summed E-state index contributed by atoms with van der Waals surface area (Å²) in [6.07, 6.45) is 1.56. The smallest absolute Gasteiger partial charge is 0.337 e. The van der Waals surface area contributed by atoms with E-state index in [1.54, 1.807) is 31.3 Å². The fraction of sp³-hybridized carbons (Fsp3) is 0.214. The second kappa shape index (κ2) is 6.08. The molecule has 110 valence electrons. The molecule has 0 spiro atoms. The molecule has 2 N–H and O–H groups in total. The van der Waals surface area contributed by atoms with Gasteiger partial charge < -0.3 is 14.8 Å². The van der Waals surface area contributed by atoms with Crippen LogP contribution in [0.5, 0.6) is 0 Å². The molecule has 7 nitrogen and oxygen atoms in total. The number of carboxylic acids is 1. The Kier molecular flexibility index (Phi) is 4.22. The van der Waals surface area contributed by atoms with Crippen molar-refractivity contribution in [1.29, 1.82) is 0 Å². The highest BCUT2D eigenvalue weighted by Gasteiger charge is 2.17. The van der Waals surface area contributed by atoms with Crippen LogP contribution in [0.15, 0.2) is 34.9 Å². The summed E-state index contributed by atoms with van der Waals surface area (Å²) in [6, 6.07) is 5.84. The number of aryl methyl sites for hydroxylation is 1. The Labute approximate surface area is 121 Å². The van der Waals surface area contributed by atoms with E-state index < -0.39 is 12.0 Å². The van der Waals surface area contributed by atoms with Gasteiger partial charge in [-0.15, -0.1) is 0 Å². The van der Waals surface area contributed by atoms with Gasteiger partial charge in [0.25, 0.3) is 0 Å². The molecule has 1 heterocycles. The van der Waals surface area contributed by atoms with Crippen LogP contribution in [0.4, 0.5) is 10.5 Å². The number of nitrogens with one attached hydrogen (secondary N) is 1. The van der Waals surface area contributed by atoms with Gasteiger partial charge in [-0.05, 0) is 19.1 Å². The van der Waals surface area contributed by atoms with Gasteiger partial charge in [0.2, 0.25) is 5.89 Å². The van der Waals surface area contributed by atoms with Gasteiger partial charge >= 0.3 is 12.0 Å². The Morgan fingerprint density at radius 1 is 1.38 bits per heavy atom. The SMILES string of the molecule is Cc1cnc(CNC(=O)N(C)c2ccccc2C(=O)O)o1. The molecular weight excluding hydrogens is 274 g/mol. The predicted molar refractivity (Wildman–Crippen MR) is 75.3 cm³/mol. The van der Waals surface area contributed by atoms with Crippen LogP contribution in [-0.4, -0.2) is 29.1 Å². The van der Waals surface area contributed by atoms with E-state index in [-0.39, 0.29) is 12.1 Å². The van der Waals surface area contributed by atoms with Crippen molar-refractivity contribution in [1.82, 2.24) is 10.3 Å². The third-order valence-corrected chi connectivity index (χ3v) is 2.86. The Morgan fingerprint density at radius 3 is 2.71 bits per heavy atom. The Hall–Kier alpha value is -2.83. The molecule has 2 aromatic rings. The first-order valence-electron chi connectivity index (χ1n) is 6.24. The quantitative estimate of drug-likeness (QED) is 0.897. The summed E-state index contributed by atoms with van der Waals surface area (Å²) in [4.78, 5) is 28.4. The molecule has 0 saturated carbocycles. The van der Waals surface area contributed by atoms with E-state index in [9.17, 15) is 9.59 Å². The second-order valence-corrected chi connectivity index (χ2v) is 4.40. The van der Waals surface area contributed by atoms with Gasteiger partial charge in [-0.1, -0.05) is 12.1 Å². The number of rotatable bonds is 4. The number of aromatic nitrogens is 1. The van der Waals surface area contributed by atoms with Gasteiger partial charge in [-0.25, -0.2) is 14.6 Å². The molecule has 0 saturated heterocycles. The van der Waals surface area contributed by atoms with Crippen molar-refractivity contribution in [2.24, 2.45) is 0 Å². The number of oxazole rings is 1. The van der Waals surface area contributed by atoms with Crippen LogP contribution >= 0.6 is 0 Å². The number of urea groups is 1. The first-order valence-corrected chi connectivity index (χ1v) is 6.24. The molecule has 21 heavy (non-hydrogen) atoms. The number of carbonyl (C=O) groups excluding carboxylic acids is 1. The largest absolute Gasteiger partial charge is 0.478 e. The van der Waals surface area contributed by atoms with E-state index in [0.29, 0.717) is 17.3 Å². The number of amides is 2. The molecule has 0 aliphatic heterocycles. The molecule has 0 bridgehead atoms. The van der Waals surface area contributed by atoms with Gasteiger partial charge in [-0.2, -0.15) is 0 Å². The van der Waals surface area contributed by atoms with Crippen LogP contribution in [0.1, 0.15) is 22.0 Å². The average molecular weight is 289 g/mol. The first kappa shape index (κ1) is 14.6. The molecule has 0 unspecified atom stereocenters. The van der Waals surface area contributed by atoms with E-state index in [2.05, 4.69) is 10.3 Å². The molecule has 7 heteroatoms. The van der Waals surface area contributed by atoms with Crippen molar-refractivity contribution in [3.05, 3.63) is 47.7 Å². The number of benzene rings is 1. The summed E-state index contributed by atoms with van der Waals surface area (Å²) >= 11 is 0. The number of aromatic carboxylic acids is 1. The zero-order valence-corrected chi connectivity index (χ0v) is 11.7.